The topological polar surface area (TPSA) is 106 Å². The van der Waals surface area contributed by atoms with Gasteiger partial charge < -0.3 is 15.2 Å². The number of carbonyl (C=O) groups excluding carboxylic acids is 1. The van der Waals surface area contributed by atoms with Gasteiger partial charge >= 0.3 is 0 Å². The number of aromatic nitrogens is 4. The Hall–Kier alpha value is -3.29. The summed E-state index contributed by atoms with van der Waals surface area (Å²) in [5.41, 5.74) is 0.899. The SMILES string of the molecule is O=C(CCNc1ncccn1)NCCc1nc(-c2ccccc2)no1. The van der Waals surface area contributed by atoms with Crippen molar-refractivity contribution in [1.29, 1.82) is 0 Å². The predicted molar refractivity (Wildman–Crippen MR) is 91.6 cm³/mol. The van der Waals surface area contributed by atoms with E-state index in [4.69, 9.17) is 4.52 Å². The third-order valence-corrected chi connectivity index (χ3v) is 3.36. The Bertz CT molecular complexity index is 791. The van der Waals surface area contributed by atoms with Gasteiger partial charge in [0.25, 0.3) is 0 Å². The number of nitrogens with one attached hydrogen (secondary N) is 2. The van der Waals surface area contributed by atoms with Gasteiger partial charge in [-0.25, -0.2) is 9.97 Å². The van der Waals surface area contributed by atoms with Crippen LogP contribution in [-0.4, -0.2) is 39.1 Å². The summed E-state index contributed by atoms with van der Waals surface area (Å²) in [6, 6.07) is 11.3. The number of rotatable bonds is 8. The summed E-state index contributed by atoms with van der Waals surface area (Å²) in [5.74, 6) is 1.49. The minimum Gasteiger partial charge on any atom is -0.356 e. The van der Waals surface area contributed by atoms with Gasteiger partial charge in [-0.05, 0) is 6.07 Å². The minimum atomic E-state index is -0.0637. The lowest BCUT2D eigenvalue weighted by Gasteiger charge is -2.05. The molecule has 0 saturated heterocycles. The Balaban J connectivity index is 1.36. The van der Waals surface area contributed by atoms with Gasteiger partial charge in [0.1, 0.15) is 0 Å². The molecule has 0 fully saturated rings. The van der Waals surface area contributed by atoms with Gasteiger partial charge in [0.2, 0.25) is 23.6 Å². The molecule has 2 heterocycles. The quantitative estimate of drug-likeness (QED) is 0.643. The molecule has 2 N–H and O–H groups in total. The average Bonchev–Trinajstić information content (AvgIpc) is 3.12. The zero-order valence-electron chi connectivity index (χ0n) is 13.6. The average molecular weight is 338 g/mol. The first-order valence-corrected chi connectivity index (χ1v) is 7.97. The Morgan fingerprint density at radius 2 is 1.84 bits per heavy atom. The molecule has 8 nitrogen and oxygen atoms in total. The lowest BCUT2D eigenvalue weighted by molar-refractivity contribution is -0.120. The molecule has 1 amide bonds. The van der Waals surface area contributed by atoms with Crippen molar-refractivity contribution in [3.63, 3.8) is 0 Å². The van der Waals surface area contributed by atoms with Gasteiger partial charge in [0.15, 0.2) is 0 Å². The molecule has 0 aliphatic carbocycles. The monoisotopic (exact) mass is 338 g/mol. The van der Waals surface area contributed by atoms with Crippen molar-refractivity contribution in [2.75, 3.05) is 18.4 Å². The van der Waals surface area contributed by atoms with Crippen LogP contribution in [-0.2, 0) is 11.2 Å². The Morgan fingerprint density at radius 3 is 2.64 bits per heavy atom. The lowest BCUT2D eigenvalue weighted by atomic mass is 10.2. The number of anilines is 1. The maximum atomic E-state index is 11.8. The van der Waals surface area contributed by atoms with Crippen molar-refractivity contribution >= 4 is 11.9 Å². The molecule has 3 rings (SSSR count). The van der Waals surface area contributed by atoms with Gasteiger partial charge in [0, 0.05) is 43.9 Å². The third-order valence-electron chi connectivity index (χ3n) is 3.36. The zero-order chi connectivity index (χ0) is 17.3. The van der Waals surface area contributed by atoms with Crippen LogP contribution in [0.4, 0.5) is 5.95 Å². The van der Waals surface area contributed by atoms with Crippen LogP contribution in [0, 0.1) is 0 Å². The number of amides is 1. The van der Waals surface area contributed by atoms with Crippen molar-refractivity contribution in [2.24, 2.45) is 0 Å². The fraction of sp³-hybridized carbons (Fsp3) is 0.235. The maximum Gasteiger partial charge on any atom is 0.228 e. The predicted octanol–water partition coefficient (Wildman–Crippen LogP) is 1.69. The molecule has 25 heavy (non-hydrogen) atoms. The Labute approximate surface area is 144 Å². The third kappa shape index (κ3) is 5.10. The molecule has 0 spiro atoms. The molecule has 3 aromatic rings. The summed E-state index contributed by atoms with van der Waals surface area (Å²) >= 11 is 0. The first kappa shape index (κ1) is 16.6. The number of carbonyl (C=O) groups is 1. The van der Waals surface area contributed by atoms with Crippen LogP contribution in [0.2, 0.25) is 0 Å². The van der Waals surface area contributed by atoms with Crippen molar-refractivity contribution < 1.29 is 9.32 Å². The molecule has 128 valence electrons. The summed E-state index contributed by atoms with van der Waals surface area (Å²) in [6.07, 6.45) is 4.10. The normalized spacial score (nSPS) is 10.4. The molecule has 1 aromatic carbocycles. The van der Waals surface area contributed by atoms with Crippen molar-refractivity contribution in [3.05, 3.63) is 54.7 Å². The van der Waals surface area contributed by atoms with E-state index in [-0.39, 0.29) is 5.91 Å². The molecule has 0 aliphatic heterocycles. The second kappa shape index (κ2) is 8.53. The van der Waals surface area contributed by atoms with E-state index in [9.17, 15) is 4.79 Å². The lowest BCUT2D eigenvalue weighted by Crippen LogP contribution is -2.27. The molecular weight excluding hydrogens is 320 g/mol. The van der Waals surface area contributed by atoms with Gasteiger partial charge in [-0.2, -0.15) is 4.98 Å². The minimum absolute atomic E-state index is 0.0637. The van der Waals surface area contributed by atoms with E-state index in [1.165, 1.54) is 0 Å². The van der Waals surface area contributed by atoms with Crippen molar-refractivity contribution in [3.8, 4) is 11.4 Å². The van der Waals surface area contributed by atoms with Gasteiger partial charge in [0.05, 0.1) is 0 Å². The van der Waals surface area contributed by atoms with Crippen LogP contribution >= 0.6 is 0 Å². The number of benzene rings is 1. The highest BCUT2D eigenvalue weighted by Crippen LogP contribution is 2.14. The summed E-state index contributed by atoms with van der Waals surface area (Å²) in [6.45, 7) is 0.908. The highest BCUT2D eigenvalue weighted by atomic mass is 16.5. The van der Waals surface area contributed by atoms with Crippen LogP contribution in [0.15, 0.2) is 53.3 Å². The number of hydrogen-bond donors (Lipinski definition) is 2. The summed E-state index contributed by atoms with van der Waals surface area (Å²) < 4.78 is 5.20. The second-order valence-corrected chi connectivity index (χ2v) is 5.23. The van der Waals surface area contributed by atoms with E-state index >= 15 is 0 Å². The zero-order valence-corrected chi connectivity index (χ0v) is 13.6. The molecule has 0 unspecified atom stereocenters. The summed E-state index contributed by atoms with van der Waals surface area (Å²) in [5, 5.41) is 9.74. The highest BCUT2D eigenvalue weighted by Gasteiger charge is 2.08. The van der Waals surface area contributed by atoms with E-state index in [1.807, 2.05) is 30.3 Å². The van der Waals surface area contributed by atoms with Crippen LogP contribution in [0.1, 0.15) is 12.3 Å². The number of hydrogen-bond acceptors (Lipinski definition) is 7. The largest absolute Gasteiger partial charge is 0.356 e. The molecular formula is C17H18N6O2. The maximum absolute atomic E-state index is 11.8. The van der Waals surface area contributed by atoms with Crippen molar-refractivity contribution in [2.45, 2.75) is 12.8 Å². The fourth-order valence-corrected chi connectivity index (χ4v) is 2.14. The van der Waals surface area contributed by atoms with Crippen LogP contribution in [0.3, 0.4) is 0 Å². The summed E-state index contributed by atoms with van der Waals surface area (Å²) in [4.78, 5) is 24.2. The standard InChI is InChI=1S/C17H18N6O2/c24-14(7-11-21-17-19-9-4-10-20-17)18-12-8-15-22-16(23-25-15)13-5-2-1-3-6-13/h1-6,9-10H,7-8,11-12H2,(H,18,24)(H,19,20,21). The smallest absolute Gasteiger partial charge is 0.228 e. The molecule has 0 bridgehead atoms. The number of nitrogens with zero attached hydrogens (tertiary/aromatic N) is 4. The van der Waals surface area contributed by atoms with E-state index in [0.717, 1.165) is 5.56 Å². The molecule has 0 saturated carbocycles. The Morgan fingerprint density at radius 1 is 1.04 bits per heavy atom. The molecule has 8 heteroatoms. The van der Waals surface area contributed by atoms with Crippen molar-refractivity contribution in [1.82, 2.24) is 25.4 Å². The van der Waals surface area contributed by atoms with Gasteiger partial charge in [-0.3, -0.25) is 4.79 Å². The molecule has 2 aromatic heterocycles. The van der Waals surface area contributed by atoms with E-state index in [2.05, 4.69) is 30.7 Å². The Kier molecular flexibility index (Phi) is 5.65. The second-order valence-electron chi connectivity index (χ2n) is 5.23. The molecule has 0 atom stereocenters. The molecule has 0 aliphatic rings. The first-order valence-electron chi connectivity index (χ1n) is 7.97. The molecule has 0 radical (unpaired) electrons. The van der Waals surface area contributed by atoms with Crippen LogP contribution in [0.25, 0.3) is 11.4 Å². The van der Waals surface area contributed by atoms with E-state index in [1.54, 1.807) is 18.5 Å². The fourth-order valence-electron chi connectivity index (χ4n) is 2.14. The van der Waals surface area contributed by atoms with Crippen LogP contribution in [0.5, 0.6) is 0 Å². The van der Waals surface area contributed by atoms with Gasteiger partial charge in [-0.1, -0.05) is 35.5 Å². The highest BCUT2D eigenvalue weighted by molar-refractivity contribution is 5.76. The van der Waals surface area contributed by atoms with Crippen LogP contribution < -0.4 is 10.6 Å². The van der Waals surface area contributed by atoms with E-state index < -0.39 is 0 Å². The first-order chi connectivity index (χ1) is 12.3. The summed E-state index contributed by atoms with van der Waals surface area (Å²) in [7, 11) is 0. The van der Waals surface area contributed by atoms with Gasteiger partial charge in [-0.15, -0.1) is 0 Å². The van der Waals surface area contributed by atoms with E-state index in [0.29, 0.717) is 43.6 Å².